The van der Waals surface area contributed by atoms with Gasteiger partial charge in [0.2, 0.25) is 0 Å². The monoisotopic (exact) mass is 389 g/mol. The number of nitrogens with one attached hydrogen (secondary N) is 1. The van der Waals surface area contributed by atoms with Crippen LogP contribution in [0.5, 0.6) is 0 Å². The van der Waals surface area contributed by atoms with Crippen LogP contribution in [-0.2, 0) is 6.42 Å². The van der Waals surface area contributed by atoms with Crippen LogP contribution >= 0.6 is 24.0 Å². The summed E-state index contributed by atoms with van der Waals surface area (Å²) in [5.74, 6) is 1.14. The van der Waals surface area contributed by atoms with Crippen LogP contribution < -0.4 is 11.1 Å². The van der Waals surface area contributed by atoms with Crippen LogP contribution in [-0.4, -0.2) is 18.5 Å². The van der Waals surface area contributed by atoms with Crippen LogP contribution in [0.25, 0.3) is 0 Å². The van der Waals surface area contributed by atoms with Crippen LogP contribution in [0.1, 0.15) is 51.2 Å². The highest BCUT2D eigenvalue weighted by Crippen LogP contribution is 2.15. The molecule has 20 heavy (non-hydrogen) atoms. The molecule has 0 saturated heterocycles. The lowest BCUT2D eigenvalue weighted by Crippen LogP contribution is -2.36. The van der Waals surface area contributed by atoms with Gasteiger partial charge in [0.25, 0.3) is 0 Å². The van der Waals surface area contributed by atoms with Gasteiger partial charge in [-0.25, -0.2) is 0 Å². The third-order valence-corrected chi connectivity index (χ3v) is 2.99. The standard InChI is InChI=1S/C16H27N3.HI/c1-12(2)15-9-7-14(8-10-15)6-5-11-18-16(17)19-13(3)4;/h7-10,12-13H,5-6,11H2,1-4H3,(H3,17,18,19);1H. The van der Waals surface area contributed by atoms with Gasteiger partial charge in [0, 0.05) is 12.6 Å². The predicted octanol–water partition coefficient (Wildman–Crippen LogP) is 3.67. The molecule has 3 nitrogen and oxygen atoms in total. The molecule has 0 aliphatic heterocycles. The fourth-order valence-electron chi connectivity index (χ4n) is 1.89. The van der Waals surface area contributed by atoms with Gasteiger partial charge in [0.15, 0.2) is 5.96 Å². The molecule has 4 heteroatoms. The van der Waals surface area contributed by atoms with Crippen molar-refractivity contribution in [3.05, 3.63) is 35.4 Å². The summed E-state index contributed by atoms with van der Waals surface area (Å²) >= 11 is 0. The molecule has 0 atom stereocenters. The molecule has 0 saturated carbocycles. The number of aliphatic imine (C=N–C) groups is 1. The van der Waals surface area contributed by atoms with Crippen LogP contribution in [0.2, 0.25) is 0 Å². The molecule has 0 fully saturated rings. The molecule has 0 amide bonds. The third-order valence-electron chi connectivity index (χ3n) is 2.99. The minimum absolute atomic E-state index is 0. The van der Waals surface area contributed by atoms with Crippen molar-refractivity contribution in [2.24, 2.45) is 10.7 Å². The first kappa shape index (κ1) is 19.2. The molecule has 0 unspecified atom stereocenters. The molecule has 0 radical (unpaired) electrons. The van der Waals surface area contributed by atoms with Crippen molar-refractivity contribution in [3.63, 3.8) is 0 Å². The highest BCUT2D eigenvalue weighted by Gasteiger charge is 1.99. The van der Waals surface area contributed by atoms with E-state index in [0.29, 0.717) is 17.9 Å². The van der Waals surface area contributed by atoms with Gasteiger partial charge in [-0.2, -0.15) is 0 Å². The van der Waals surface area contributed by atoms with Crippen molar-refractivity contribution >= 4 is 29.9 Å². The van der Waals surface area contributed by atoms with Crippen molar-refractivity contribution in [2.45, 2.75) is 52.5 Å². The van der Waals surface area contributed by atoms with E-state index >= 15 is 0 Å². The second-order valence-corrected chi connectivity index (χ2v) is 5.57. The van der Waals surface area contributed by atoms with E-state index in [2.05, 4.69) is 62.3 Å². The van der Waals surface area contributed by atoms with Crippen molar-refractivity contribution < 1.29 is 0 Å². The second kappa shape index (κ2) is 10.0. The van der Waals surface area contributed by atoms with Gasteiger partial charge in [0.1, 0.15) is 0 Å². The smallest absolute Gasteiger partial charge is 0.188 e. The first-order valence-corrected chi connectivity index (χ1v) is 7.14. The van der Waals surface area contributed by atoms with Crippen LogP contribution in [0.4, 0.5) is 0 Å². The maximum Gasteiger partial charge on any atom is 0.188 e. The fourth-order valence-corrected chi connectivity index (χ4v) is 1.89. The number of nitrogens with zero attached hydrogens (tertiary/aromatic N) is 1. The molecule has 0 aliphatic carbocycles. The topological polar surface area (TPSA) is 50.4 Å². The van der Waals surface area contributed by atoms with Gasteiger partial charge in [0.05, 0.1) is 0 Å². The lowest BCUT2D eigenvalue weighted by atomic mass is 10.0. The van der Waals surface area contributed by atoms with Crippen LogP contribution in [0, 0.1) is 0 Å². The Balaban J connectivity index is 0.00000361. The Hall–Kier alpha value is -0.780. The summed E-state index contributed by atoms with van der Waals surface area (Å²) in [5, 5.41) is 3.09. The number of hydrogen-bond acceptors (Lipinski definition) is 1. The number of aryl methyl sites for hydroxylation is 1. The summed E-state index contributed by atoms with van der Waals surface area (Å²) in [6.07, 6.45) is 2.08. The average Bonchev–Trinajstić information content (AvgIpc) is 2.34. The Morgan fingerprint density at radius 3 is 2.25 bits per heavy atom. The molecule has 1 aromatic rings. The Kier molecular flexibility index (Phi) is 9.63. The van der Waals surface area contributed by atoms with Gasteiger partial charge in [-0.1, -0.05) is 38.1 Å². The number of hydrogen-bond donors (Lipinski definition) is 2. The lowest BCUT2D eigenvalue weighted by molar-refractivity contribution is 0.719. The first-order valence-electron chi connectivity index (χ1n) is 7.14. The Labute approximate surface area is 140 Å². The quantitative estimate of drug-likeness (QED) is 0.338. The minimum Gasteiger partial charge on any atom is -0.370 e. The second-order valence-electron chi connectivity index (χ2n) is 5.57. The van der Waals surface area contributed by atoms with E-state index in [-0.39, 0.29) is 24.0 Å². The van der Waals surface area contributed by atoms with E-state index in [1.807, 2.05) is 0 Å². The summed E-state index contributed by atoms with van der Waals surface area (Å²) in [7, 11) is 0. The highest BCUT2D eigenvalue weighted by molar-refractivity contribution is 14.0. The van der Waals surface area contributed by atoms with E-state index < -0.39 is 0 Å². The minimum atomic E-state index is 0. The number of rotatable bonds is 6. The lowest BCUT2D eigenvalue weighted by Gasteiger charge is -2.08. The molecule has 3 N–H and O–H groups in total. The largest absolute Gasteiger partial charge is 0.370 e. The normalized spacial score (nSPS) is 11.6. The zero-order valence-electron chi connectivity index (χ0n) is 13.0. The Bertz CT molecular complexity index is 397. The van der Waals surface area contributed by atoms with Crippen molar-refractivity contribution in [2.75, 3.05) is 6.54 Å². The molecule has 0 bridgehead atoms. The van der Waals surface area contributed by atoms with Crippen LogP contribution in [0.3, 0.4) is 0 Å². The Morgan fingerprint density at radius 2 is 1.75 bits per heavy atom. The molecular weight excluding hydrogens is 361 g/mol. The van der Waals surface area contributed by atoms with Crippen molar-refractivity contribution in [1.29, 1.82) is 0 Å². The van der Waals surface area contributed by atoms with Crippen molar-refractivity contribution in [3.8, 4) is 0 Å². The summed E-state index contributed by atoms with van der Waals surface area (Å²) in [6, 6.07) is 9.21. The summed E-state index contributed by atoms with van der Waals surface area (Å²) in [5.41, 5.74) is 8.51. The molecule has 1 aromatic carbocycles. The maximum atomic E-state index is 5.75. The molecule has 0 aromatic heterocycles. The first-order chi connectivity index (χ1) is 8.99. The molecule has 1 rings (SSSR count). The van der Waals surface area contributed by atoms with Gasteiger partial charge in [-0.15, -0.1) is 24.0 Å². The number of nitrogens with two attached hydrogens (primary N) is 1. The number of benzene rings is 1. The van der Waals surface area contributed by atoms with Crippen molar-refractivity contribution in [1.82, 2.24) is 5.32 Å². The van der Waals surface area contributed by atoms with E-state index in [1.165, 1.54) is 11.1 Å². The highest BCUT2D eigenvalue weighted by atomic mass is 127. The van der Waals surface area contributed by atoms with E-state index in [4.69, 9.17) is 5.73 Å². The molecule has 0 aliphatic rings. The molecule has 114 valence electrons. The fraction of sp³-hybridized carbons (Fsp3) is 0.562. The number of guanidine groups is 1. The Morgan fingerprint density at radius 1 is 1.15 bits per heavy atom. The van der Waals surface area contributed by atoms with E-state index in [9.17, 15) is 0 Å². The maximum absolute atomic E-state index is 5.75. The average molecular weight is 389 g/mol. The van der Waals surface area contributed by atoms with Gasteiger partial charge in [-0.3, -0.25) is 4.99 Å². The SMILES string of the molecule is CC(C)NC(N)=NCCCc1ccc(C(C)C)cc1.I. The predicted molar refractivity (Wildman–Crippen MR) is 99.0 cm³/mol. The van der Waals surface area contributed by atoms with E-state index in [0.717, 1.165) is 19.4 Å². The number of halogens is 1. The van der Waals surface area contributed by atoms with Gasteiger partial charge < -0.3 is 11.1 Å². The molecule has 0 heterocycles. The van der Waals surface area contributed by atoms with Gasteiger partial charge >= 0.3 is 0 Å². The third kappa shape index (κ3) is 7.72. The summed E-state index contributed by atoms with van der Waals surface area (Å²) in [4.78, 5) is 4.31. The zero-order valence-corrected chi connectivity index (χ0v) is 15.3. The van der Waals surface area contributed by atoms with Gasteiger partial charge in [-0.05, 0) is 43.7 Å². The van der Waals surface area contributed by atoms with E-state index in [1.54, 1.807) is 0 Å². The summed E-state index contributed by atoms with van der Waals surface area (Å²) in [6.45, 7) is 9.32. The summed E-state index contributed by atoms with van der Waals surface area (Å²) < 4.78 is 0. The molecular formula is C16H28IN3. The molecule has 0 spiro atoms. The zero-order chi connectivity index (χ0) is 14.3. The van der Waals surface area contributed by atoms with Crippen LogP contribution in [0.15, 0.2) is 29.3 Å².